The molecule has 15 heavy (non-hydrogen) atoms. The SMILES string of the molecule is COc1ccc(C2CNC(C)C2)cc1C. The summed E-state index contributed by atoms with van der Waals surface area (Å²) in [6.07, 6.45) is 1.24. The summed E-state index contributed by atoms with van der Waals surface area (Å²) in [5.74, 6) is 1.65. The van der Waals surface area contributed by atoms with Crippen LogP contribution >= 0.6 is 0 Å². The van der Waals surface area contributed by atoms with E-state index in [4.69, 9.17) is 4.74 Å². The van der Waals surface area contributed by atoms with Crippen molar-refractivity contribution in [2.75, 3.05) is 13.7 Å². The van der Waals surface area contributed by atoms with Crippen molar-refractivity contribution in [3.8, 4) is 5.75 Å². The van der Waals surface area contributed by atoms with Gasteiger partial charge in [0.1, 0.15) is 5.75 Å². The van der Waals surface area contributed by atoms with Crippen LogP contribution in [0.4, 0.5) is 0 Å². The molecule has 0 saturated carbocycles. The summed E-state index contributed by atoms with van der Waals surface area (Å²) in [4.78, 5) is 0. The van der Waals surface area contributed by atoms with E-state index in [0.29, 0.717) is 12.0 Å². The van der Waals surface area contributed by atoms with Gasteiger partial charge < -0.3 is 10.1 Å². The maximum Gasteiger partial charge on any atom is 0.121 e. The molecule has 82 valence electrons. The van der Waals surface area contributed by atoms with Crippen molar-refractivity contribution < 1.29 is 4.74 Å². The molecule has 0 bridgehead atoms. The number of aryl methyl sites for hydroxylation is 1. The van der Waals surface area contributed by atoms with Crippen LogP contribution in [0.1, 0.15) is 30.4 Å². The van der Waals surface area contributed by atoms with Crippen LogP contribution in [-0.2, 0) is 0 Å². The van der Waals surface area contributed by atoms with Gasteiger partial charge in [0.15, 0.2) is 0 Å². The average molecular weight is 205 g/mol. The first-order chi connectivity index (χ1) is 7.20. The minimum absolute atomic E-state index is 0.650. The van der Waals surface area contributed by atoms with E-state index in [2.05, 4.69) is 37.4 Å². The van der Waals surface area contributed by atoms with Gasteiger partial charge in [-0.25, -0.2) is 0 Å². The highest BCUT2D eigenvalue weighted by Crippen LogP contribution is 2.28. The number of hydrogen-bond donors (Lipinski definition) is 1. The van der Waals surface area contributed by atoms with Crippen LogP contribution in [0, 0.1) is 6.92 Å². The van der Waals surface area contributed by atoms with Crippen LogP contribution in [0.3, 0.4) is 0 Å². The molecule has 0 aromatic heterocycles. The highest BCUT2D eigenvalue weighted by atomic mass is 16.5. The zero-order valence-corrected chi connectivity index (χ0v) is 9.71. The molecule has 2 atom stereocenters. The molecule has 0 radical (unpaired) electrons. The summed E-state index contributed by atoms with van der Waals surface area (Å²) in [5.41, 5.74) is 2.67. The van der Waals surface area contributed by atoms with E-state index in [0.717, 1.165) is 12.3 Å². The largest absolute Gasteiger partial charge is 0.496 e. The van der Waals surface area contributed by atoms with Gasteiger partial charge in [-0.2, -0.15) is 0 Å². The third-order valence-corrected chi connectivity index (χ3v) is 3.24. The average Bonchev–Trinajstić information content (AvgIpc) is 2.65. The van der Waals surface area contributed by atoms with Gasteiger partial charge in [-0.1, -0.05) is 12.1 Å². The number of ether oxygens (including phenoxy) is 1. The molecule has 2 rings (SSSR count). The number of hydrogen-bond acceptors (Lipinski definition) is 2. The zero-order chi connectivity index (χ0) is 10.8. The van der Waals surface area contributed by atoms with Gasteiger partial charge in [-0.3, -0.25) is 0 Å². The predicted molar refractivity (Wildman–Crippen MR) is 62.6 cm³/mol. The van der Waals surface area contributed by atoms with Crippen molar-refractivity contribution in [2.45, 2.75) is 32.2 Å². The Hall–Kier alpha value is -1.02. The molecule has 1 aromatic rings. The summed E-state index contributed by atoms with van der Waals surface area (Å²) in [6.45, 7) is 5.46. The predicted octanol–water partition coefficient (Wildman–Crippen LogP) is 2.47. The maximum atomic E-state index is 5.27. The molecule has 2 unspecified atom stereocenters. The van der Waals surface area contributed by atoms with Gasteiger partial charge in [-0.15, -0.1) is 0 Å². The maximum absolute atomic E-state index is 5.27. The smallest absolute Gasteiger partial charge is 0.121 e. The van der Waals surface area contributed by atoms with Crippen LogP contribution in [0.25, 0.3) is 0 Å². The second kappa shape index (κ2) is 4.23. The molecule has 1 aromatic carbocycles. The Morgan fingerprint density at radius 2 is 2.20 bits per heavy atom. The van der Waals surface area contributed by atoms with E-state index in [1.54, 1.807) is 7.11 Å². The molecule has 0 aliphatic carbocycles. The molecule has 1 saturated heterocycles. The fourth-order valence-corrected chi connectivity index (χ4v) is 2.35. The van der Waals surface area contributed by atoms with E-state index >= 15 is 0 Å². The second-order valence-corrected chi connectivity index (χ2v) is 4.47. The van der Waals surface area contributed by atoms with E-state index in [-0.39, 0.29) is 0 Å². The number of rotatable bonds is 2. The van der Waals surface area contributed by atoms with Crippen LogP contribution in [0.15, 0.2) is 18.2 Å². The van der Waals surface area contributed by atoms with Gasteiger partial charge in [0.05, 0.1) is 7.11 Å². The van der Waals surface area contributed by atoms with Crippen LogP contribution in [0.2, 0.25) is 0 Å². The molecule has 1 heterocycles. The summed E-state index contributed by atoms with van der Waals surface area (Å²) in [6, 6.07) is 7.17. The highest BCUT2D eigenvalue weighted by Gasteiger charge is 2.22. The van der Waals surface area contributed by atoms with Crippen molar-refractivity contribution in [3.63, 3.8) is 0 Å². The number of benzene rings is 1. The molecule has 1 aliphatic heterocycles. The van der Waals surface area contributed by atoms with Gasteiger partial charge in [-0.05, 0) is 43.4 Å². The summed E-state index contributed by atoms with van der Waals surface area (Å²) < 4.78 is 5.27. The molecule has 2 heteroatoms. The Labute approximate surface area is 91.6 Å². The van der Waals surface area contributed by atoms with Gasteiger partial charge in [0.2, 0.25) is 0 Å². The Balaban J connectivity index is 2.19. The van der Waals surface area contributed by atoms with Crippen LogP contribution in [-0.4, -0.2) is 19.7 Å². The van der Waals surface area contributed by atoms with Gasteiger partial charge >= 0.3 is 0 Å². The van der Waals surface area contributed by atoms with Crippen molar-refractivity contribution in [1.29, 1.82) is 0 Å². The highest BCUT2D eigenvalue weighted by molar-refractivity contribution is 5.38. The first kappa shape index (κ1) is 10.5. The summed E-state index contributed by atoms with van der Waals surface area (Å²) in [7, 11) is 1.72. The first-order valence-electron chi connectivity index (χ1n) is 5.58. The summed E-state index contributed by atoms with van der Waals surface area (Å²) in [5, 5.41) is 3.48. The van der Waals surface area contributed by atoms with E-state index in [1.165, 1.54) is 17.5 Å². The first-order valence-corrected chi connectivity index (χ1v) is 5.58. The molecular formula is C13H19NO. The number of methoxy groups -OCH3 is 1. The van der Waals surface area contributed by atoms with Crippen molar-refractivity contribution in [1.82, 2.24) is 5.32 Å². The third kappa shape index (κ3) is 2.15. The Morgan fingerprint density at radius 1 is 1.40 bits per heavy atom. The molecule has 1 fully saturated rings. The Morgan fingerprint density at radius 3 is 2.73 bits per heavy atom. The van der Waals surface area contributed by atoms with Gasteiger partial charge in [0, 0.05) is 12.6 Å². The standard InChI is InChI=1S/C13H19NO/c1-9-6-11(4-5-13(9)15-3)12-7-10(2)14-8-12/h4-6,10,12,14H,7-8H2,1-3H3. The van der Waals surface area contributed by atoms with Gasteiger partial charge in [0.25, 0.3) is 0 Å². The van der Waals surface area contributed by atoms with Crippen LogP contribution in [0.5, 0.6) is 5.75 Å². The monoisotopic (exact) mass is 205 g/mol. The molecule has 2 nitrogen and oxygen atoms in total. The molecule has 0 spiro atoms. The van der Waals surface area contributed by atoms with Crippen molar-refractivity contribution in [2.24, 2.45) is 0 Å². The normalized spacial score (nSPS) is 25.5. The fourth-order valence-electron chi connectivity index (χ4n) is 2.35. The molecular weight excluding hydrogens is 186 g/mol. The molecule has 0 amide bonds. The van der Waals surface area contributed by atoms with E-state index < -0.39 is 0 Å². The lowest BCUT2D eigenvalue weighted by molar-refractivity contribution is 0.411. The quantitative estimate of drug-likeness (QED) is 0.801. The minimum atomic E-state index is 0.650. The summed E-state index contributed by atoms with van der Waals surface area (Å²) >= 11 is 0. The van der Waals surface area contributed by atoms with Crippen molar-refractivity contribution in [3.05, 3.63) is 29.3 Å². The van der Waals surface area contributed by atoms with Crippen LogP contribution < -0.4 is 10.1 Å². The van der Waals surface area contributed by atoms with Crippen molar-refractivity contribution >= 4 is 0 Å². The Kier molecular flexibility index (Phi) is 2.96. The fraction of sp³-hybridized carbons (Fsp3) is 0.538. The second-order valence-electron chi connectivity index (χ2n) is 4.47. The lowest BCUT2D eigenvalue weighted by atomic mass is 9.95. The molecule has 1 aliphatic rings. The lowest BCUT2D eigenvalue weighted by Crippen LogP contribution is -2.16. The lowest BCUT2D eigenvalue weighted by Gasteiger charge is -2.12. The Bertz CT molecular complexity index is 348. The zero-order valence-electron chi connectivity index (χ0n) is 9.71. The number of nitrogens with one attached hydrogen (secondary N) is 1. The van der Waals surface area contributed by atoms with E-state index in [1.807, 2.05) is 0 Å². The topological polar surface area (TPSA) is 21.3 Å². The third-order valence-electron chi connectivity index (χ3n) is 3.24. The van der Waals surface area contributed by atoms with E-state index in [9.17, 15) is 0 Å². The minimum Gasteiger partial charge on any atom is -0.496 e. The molecule has 1 N–H and O–H groups in total.